The average Bonchev–Trinajstić information content (AvgIpc) is 3.06. The highest BCUT2D eigenvalue weighted by Crippen LogP contribution is 2.38. The van der Waals surface area contributed by atoms with Crippen molar-refractivity contribution in [3.05, 3.63) is 59.4 Å². The first-order valence-corrected chi connectivity index (χ1v) is 12.8. The van der Waals surface area contributed by atoms with E-state index in [1.54, 1.807) is 30.3 Å². The summed E-state index contributed by atoms with van der Waals surface area (Å²) in [6.07, 6.45) is 2.24. The Morgan fingerprint density at radius 2 is 2.00 bits per heavy atom. The maximum Gasteiger partial charge on any atom is 0.285 e. The van der Waals surface area contributed by atoms with E-state index in [-0.39, 0.29) is 28.6 Å². The number of halogens is 1. The molecule has 1 saturated heterocycles. The lowest BCUT2D eigenvalue weighted by Crippen LogP contribution is -2.46. The molecular formula is C22H22FN3O3S2. The third-order valence-corrected chi connectivity index (χ3v) is 8.53. The second-order valence-corrected chi connectivity index (χ2v) is 10.7. The fourth-order valence-electron chi connectivity index (χ4n) is 4.53. The van der Waals surface area contributed by atoms with Crippen molar-refractivity contribution < 1.29 is 17.6 Å². The first kappa shape index (κ1) is 20.5. The van der Waals surface area contributed by atoms with Gasteiger partial charge in [0.15, 0.2) is 5.84 Å². The Morgan fingerprint density at radius 1 is 1.16 bits per heavy atom. The zero-order valence-electron chi connectivity index (χ0n) is 16.8. The predicted molar refractivity (Wildman–Crippen MR) is 117 cm³/mol. The monoisotopic (exact) mass is 459 g/mol. The van der Waals surface area contributed by atoms with E-state index >= 15 is 0 Å². The van der Waals surface area contributed by atoms with E-state index in [1.165, 1.54) is 17.8 Å². The van der Waals surface area contributed by atoms with Crippen molar-refractivity contribution in [1.82, 2.24) is 10.2 Å². The smallest absolute Gasteiger partial charge is 0.285 e. The third kappa shape index (κ3) is 3.74. The largest absolute Gasteiger partial charge is 0.355 e. The van der Waals surface area contributed by atoms with Crippen LogP contribution in [0.4, 0.5) is 4.39 Å². The Balaban J connectivity index is 1.33. The van der Waals surface area contributed by atoms with Gasteiger partial charge in [0.1, 0.15) is 10.7 Å². The van der Waals surface area contributed by atoms with Crippen LogP contribution < -0.4 is 5.32 Å². The van der Waals surface area contributed by atoms with Gasteiger partial charge in [-0.05, 0) is 43.0 Å². The predicted octanol–water partition coefficient (Wildman–Crippen LogP) is 3.34. The van der Waals surface area contributed by atoms with Crippen LogP contribution in [-0.2, 0) is 14.8 Å². The summed E-state index contributed by atoms with van der Waals surface area (Å²) in [7, 11) is -3.69. The molecule has 162 valence electrons. The number of hydrogen-bond acceptors (Lipinski definition) is 5. The number of nitrogens with zero attached hydrogens (tertiary/aromatic N) is 2. The number of sulfonamides is 1. The fraction of sp³-hybridized carbons (Fsp3) is 0.364. The SMILES string of the molecule is O=C(NC1CCSc2c(F)cccc21)C1CCCN(C2=NS(=O)(=O)c3ccccc32)C1. The van der Waals surface area contributed by atoms with Gasteiger partial charge in [-0.15, -0.1) is 16.2 Å². The Labute approximate surface area is 185 Å². The minimum absolute atomic E-state index is 0.0773. The van der Waals surface area contributed by atoms with Crippen molar-refractivity contribution in [2.75, 3.05) is 18.8 Å². The number of fused-ring (bicyclic) bond motifs is 2. The number of piperidine rings is 1. The Hall–Kier alpha value is -2.39. The van der Waals surface area contributed by atoms with Gasteiger partial charge in [0.05, 0.1) is 12.0 Å². The minimum atomic E-state index is -3.69. The summed E-state index contributed by atoms with van der Waals surface area (Å²) < 4.78 is 42.9. The normalized spacial score (nSPS) is 24.2. The first-order chi connectivity index (χ1) is 14.9. The van der Waals surface area contributed by atoms with Crippen LogP contribution in [0.5, 0.6) is 0 Å². The molecule has 3 heterocycles. The van der Waals surface area contributed by atoms with E-state index in [2.05, 4.69) is 9.71 Å². The van der Waals surface area contributed by atoms with Gasteiger partial charge in [-0.2, -0.15) is 8.42 Å². The number of carbonyl (C=O) groups is 1. The number of amides is 1. The van der Waals surface area contributed by atoms with Gasteiger partial charge < -0.3 is 10.2 Å². The second kappa shape index (κ2) is 7.94. The summed E-state index contributed by atoms with van der Waals surface area (Å²) >= 11 is 1.49. The number of nitrogens with one attached hydrogen (secondary N) is 1. The third-order valence-electron chi connectivity index (χ3n) is 6.05. The first-order valence-electron chi connectivity index (χ1n) is 10.3. The number of carbonyl (C=O) groups excluding carboxylic acids is 1. The van der Waals surface area contributed by atoms with Crippen LogP contribution in [0.2, 0.25) is 0 Å². The van der Waals surface area contributed by atoms with E-state index in [0.29, 0.717) is 29.4 Å². The van der Waals surface area contributed by atoms with Crippen LogP contribution in [0.1, 0.15) is 36.4 Å². The molecule has 0 saturated carbocycles. The van der Waals surface area contributed by atoms with E-state index in [0.717, 1.165) is 30.6 Å². The molecule has 0 radical (unpaired) electrons. The van der Waals surface area contributed by atoms with E-state index in [9.17, 15) is 17.6 Å². The van der Waals surface area contributed by atoms with Gasteiger partial charge in [0.25, 0.3) is 10.0 Å². The molecule has 0 aromatic heterocycles. The van der Waals surface area contributed by atoms with Crippen molar-refractivity contribution >= 4 is 33.5 Å². The van der Waals surface area contributed by atoms with Gasteiger partial charge >= 0.3 is 0 Å². The minimum Gasteiger partial charge on any atom is -0.355 e. The molecule has 0 bridgehead atoms. The maximum atomic E-state index is 14.1. The van der Waals surface area contributed by atoms with E-state index < -0.39 is 10.0 Å². The molecule has 6 nitrogen and oxygen atoms in total. The molecule has 0 spiro atoms. The van der Waals surface area contributed by atoms with Crippen molar-refractivity contribution in [3.63, 3.8) is 0 Å². The Kier molecular flexibility index (Phi) is 5.26. The molecule has 1 fully saturated rings. The second-order valence-electron chi connectivity index (χ2n) is 8.03. The molecule has 2 unspecified atom stereocenters. The molecule has 3 aliphatic rings. The summed E-state index contributed by atoms with van der Waals surface area (Å²) in [6.45, 7) is 1.06. The standard InChI is InChI=1S/C22H22FN3O3S2/c23-17-8-3-7-15-18(10-12-30-20(15)17)24-22(27)14-5-4-11-26(13-14)21-16-6-1-2-9-19(16)31(28,29)25-21/h1-3,6-9,14,18H,4-5,10-13H2,(H,24,27). The highest BCUT2D eigenvalue weighted by Gasteiger charge is 2.36. The molecule has 2 aromatic carbocycles. The number of amidine groups is 1. The number of thioether (sulfide) groups is 1. The number of benzene rings is 2. The lowest BCUT2D eigenvalue weighted by molar-refractivity contribution is -0.127. The molecule has 1 amide bonds. The van der Waals surface area contributed by atoms with E-state index in [4.69, 9.17) is 0 Å². The van der Waals surface area contributed by atoms with Crippen molar-refractivity contribution in [1.29, 1.82) is 0 Å². The molecule has 1 N–H and O–H groups in total. The summed E-state index contributed by atoms with van der Waals surface area (Å²) in [6, 6.07) is 11.6. The van der Waals surface area contributed by atoms with Crippen molar-refractivity contribution in [3.8, 4) is 0 Å². The van der Waals surface area contributed by atoms with Crippen LogP contribution in [0.3, 0.4) is 0 Å². The lowest BCUT2D eigenvalue weighted by Gasteiger charge is -2.35. The summed E-state index contributed by atoms with van der Waals surface area (Å²) in [5.74, 6) is 0.574. The van der Waals surface area contributed by atoms with Crippen LogP contribution in [0.25, 0.3) is 0 Å². The zero-order chi connectivity index (χ0) is 21.6. The van der Waals surface area contributed by atoms with Crippen LogP contribution in [0, 0.1) is 11.7 Å². The van der Waals surface area contributed by atoms with Crippen LogP contribution >= 0.6 is 11.8 Å². The summed E-state index contributed by atoms with van der Waals surface area (Å²) in [5.41, 5.74) is 1.43. The van der Waals surface area contributed by atoms with Gasteiger partial charge in [0.2, 0.25) is 5.91 Å². The van der Waals surface area contributed by atoms with Gasteiger partial charge in [-0.25, -0.2) is 4.39 Å². The molecule has 31 heavy (non-hydrogen) atoms. The highest BCUT2D eigenvalue weighted by atomic mass is 32.2. The Morgan fingerprint density at radius 3 is 2.87 bits per heavy atom. The van der Waals surface area contributed by atoms with Crippen LogP contribution in [0.15, 0.2) is 56.7 Å². The quantitative estimate of drug-likeness (QED) is 0.745. The van der Waals surface area contributed by atoms with Crippen LogP contribution in [-0.4, -0.2) is 43.9 Å². The number of likely N-dealkylation sites (tertiary alicyclic amines) is 1. The number of hydrogen-bond donors (Lipinski definition) is 1. The number of rotatable bonds is 2. The molecule has 5 rings (SSSR count). The molecule has 2 atom stereocenters. The van der Waals surface area contributed by atoms with Crippen molar-refractivity contribution in [2.45, 2.75) is 35.1 Å². The maximum absolute atomic E-state index is 14.1. The molecule has 0 aliphatic carbocycles. The molecule has 3 aliphatic heterocycles. The molecule has 2 aromatic rings. The van der Waals surface area contributed by atoms with Gasteiger partial charge in [-0.1, -0.05) is 24.3 Å². The van der Waals surface area contributed by atoms with Gasteiger partial charge in [-0.3, -0.25) is 4.79 Å². The Bertz CT molecular complexity index is 1180. The van der Waals surface area contributed by atoms with E-state index in [1.807, 2.05) is 11.0 Å². The fourth-order valence-corrected chi connectivity index (χ4v) is 6.89. The van der Waals surface area contributed by atoms with Gasteiger partial charge in [0, 0.05) is 29.3 Å². The van der Waals surface area contributed by atoms with Crippen molar-refractivity contribution in [2.24, 2.45) is 10.3 Å². The summed E-state index contributed by atoms with van der Waals surface area (Å²) in [4.78, 5) is 15.8. The highest BCUT2D eigenvalue weighted by molar-refractivity contribution is 7.99. The summed E-state index contributed by atoms with van der Waals surface area (Å²) in [5, 5.41) is 3.11. The lowest BCUT2D eigenvalue weighted by atomic mass is 9.95. The zero-order valence-corrected chi connectivity index (χ0v) is 18.4. The molecule has 9 heteroatoms. The molecular weight excluding hydrogens is 437 g/mol. The average molecular weight is 460 g/mol. The topological polar surface area (TPSA) is 78.8 Å².